The van der Waals surface area contributed by atoms with Gasteiger partial charge in [0, 0.05) is 17.7 Å². The van der Waals surface area contributed by atoms with E-state index in [9.17, 15) is 22.7 Å². The Bertz CT molecular complexity index is 1300. The smallest absolute Gasteiger partial charge is 0.323 e. The minimum Gasteiger partial charge on any atom is -0.487 e. The maximum atomic E-state index is 15.7. The van der Waals surface area contributed by atoms with E-state index in [-0.39, 0.29) is 17.9 Å². The number of tetrazole rings is 1. The molecule has 35 heavy (non-hydrogen) atoms. The van der Waals surface area contributed by atoms with Crippen LogP contribution in [0, 0.1) is 23.3 Å². The third-order valence-electron chi connectivity index (χ3n) is 5.06. The normalized spacial score (nSPS) is 13.5. The largest absolute Gasteiger partial charge is 0.487 e. The molecule has 2 aromatic carbocycles. The Hall–Kier alpha value is -4.00. The topological polar surface area (TPSA) is 86.0 Å². The monoisotopic (exact) mass is 495 g/mol. The number of rotatable bonds is 8. The van der Waals surface area contributed by atoms with Crippen molar-refractivity contribution < 1.29 is 36.2 Å². The summed E-state index contributed by atoms with van der Waals surface area (Å²) >= 11 is 0. The van der Waals surface area contributed by atoms with Crippen LogP contribution in [0.4, 0.5) is 26.3 Å². The van der Waals surface area contributed by atoms with Crippen LogP contribution >= 0.6 is 0 Å². The van der Waals surface area contributed by atoms with Crippen molar-refractivity contribution in [3.63, 3.8) is 0 Å². The van der Waals surface area contributed by atoms with E-state index in [0.29, 0.717) is 18.2 Å². The average Bonchev–Trinajstić information content (AvgIpc) is 3.30. The van der Waals surface area contributed by atoms with Gasteiger partial charge < -0.3 is 9.84 Å². The fourth-order valence-corrected chi connectivity index (χ4v) is 3.39. The second-order valence-electron chi connectivity index (χ2n) is 7.51. The van der Waals surface area contributed by atoms with Crippen LogP contribution in [0.25, 0.3) is 0 Å². The third-order valence-corrected chi connectivity index (χ3v) is 5.06. The minimum absolute atomic E-state index is 0.0220. The molecular weight excluding hydrogens is 480 g/mol. The quantitative estimate of drug-likeness (QED) is 0.374. The highest BCUT2D eigenvalue weighted by Crippen LogP contribution is 2.46. The van der Waals surface area contributed by atoms with Crippen LogP contribution in [-0.4, -0.2) is 30.3 Å². The van der Waals surface area contributed by atoms with E-state index in [4.69, 9.17) is 4.74 Å². The third kappa shape index (κ3) is 4.94. The van der Waals surface area contributed by atoms with Crippen LogP contribution < -0.4 is 4.74 Å². The first-order valence-electron chi connectivity index (χ1n) is 9.89. The summed E-state index contributed by atoms with van der Waals surface area (Å²) < 4.78 is 91.9. The number of aliphatic hydroxyl groups is 1. The van der Waals surface area contributed by atoms with Crippen molar-refractivity contribution in [2.24, 2.45) is 0 Å². The standard InChI is InChI=1S/C22H15F6N5O2/c23-14-1-3-18(19(26)8-14)21(34,11-33-12-30-31-32-33)22(27,28)20-4-2-17(9-29-20)35-10-13-5-15(24)7-16(25)6-13/h1-9,12,34H,10-11H2. The van der Waals surface area contributed by atoms with E-state index in [1.807, 2.05) is 0 Å². The molecule has 1 unspecified atom stereocenters. The van der Waals surface area contributed by atoms with Gasteiger partial charge in [-0.3, -0.25) is 4.98 Å². The summed E-state index contributed by atoms with van der Waals surface area (Å²) in [6.45, 7) is -1.28. The Labute approximate surface area is 193 Å². The van der Waals surface area contributed by atoms with Gasteiger partial charge in [0.1, 0.15) is 47.6 Å². The maximum absolute atomic E-state index is 15.7. The van der Waals surface area contributed by atoms with Gasteiger partial charge in [-0.25, -0.2) is 22.2 Å². The summed E-state index contributed by atoms with van der Waals surface area (Å²) in [5, 5.41) is 21.1. The molecule has 0 radical (unpaired) electrons. The van der Waals surface area contributed by atoms with E-state index >= 15 is 8.78 Å². The number of benzene rings is 2. The molecule has 0 fully saturated rings. The minimum atomic E-state index is -4.23. The van der Waals surface area contributed by atoms with Crippen molar-refractivity contribution in [3.05, 3.63) is 101 Å². The molecule has 0 bridgehead atoms. The van der Waals surface area contributed by atoms with Crippen molar-refractivity contribution in [2.75, 3.05) is 0 Å². The molecule has 0 aliphatic heterocycles. The van der Waals surface area contributed by atoms with Crippen molar-refractivity contribution in [1.82, 2.24) is 25.2 Å². The number of halogens is 6. The van der Waals surface area contributed by atoms with Crippen molar-refractivity contribution >= 4 is 0 Å². The highest BCUT2D eigenvalue weighted by atomic mass is 19.3. The second kappa shape index (κ2) is 9.33. The zero-order valence-corrected chi connectivity index (χ0v) is 17.5. The van der Waals surface area contributed by atoms with Gasteiger partial charge in [-0.05, 0) is 52.4 Å². The fourth-order valence-electron chi connectivity index (χ4n) is 3.39. The van der Waals surface area contributed by atoms with Crippen LogP contribution in [0.15, 0.2) is 61.1 Å². The predicted molar refractivity (Wildman–Crippen MR) is 107 cm³/mol. The van der Waals surface area contributed by atoms with Crippen LogP contribution in [0.5, 0.6) is 5.75 Å². The first kappa shape index (κ1) is 24.1. The molecule has 0 saturated carbocycles. The molecular formula is C22H15F6N5O2. The lowest BCUT2D eigenvalue weighted by Crippen LogP contribution is -2.48. The Morgan fingerprint density at radius 1 is 0.914 bits per heavy atom. The van der Waals surface area contributed by atoms with Crippen LogP contribution in [0.3, 0.4) is 0 Å². The molecule has 4 rings (SSSR count). The first-order chi connectivity index (χ1) is 16.6. The molecule has 2 heterocycles. The van der Waals surface area contributed by atoms with Crippen molar-refractivity contribution in [1.29, 1.82) is 0 Å². The zero-order valence-electron chi connectivity index (χ0n) is 17.5. The average molecular weight is 495 g/mol. The number of pyridine rings is 1. The van der Waals surface area contributed by atoms with Gasteiger partial charge in [-0.2, -0.15) is 8.78 Å². The second-order valence-corrected chi connectivity index (χ2v) is 7.51. The lowest BCUT2D eigenvalue weighted by atomic mass is 9.84. The van der Waals surface area contributed by atoms with Crippen LogP contribution in [0.2, 0.25) is 0 Å². The Morgan fingerprint density at radius 2 is 1.66 bits per heavy atom. The summed E-state index contributed by atoms with van der Waals surface area (Å²) in [5.41, 5.74) is -5.01. The van der Waals surface area contributed by atoms with E-state index in [1.54, 1.807) is 0 Å². The molecule has 1 N–H and O–H groups in total. The SMILES string of the molecule is OC(Cn1cnnn1)(c1ccc(F)cc1F)C(F)(F)c1ccc(OCc2cc(F)cc(F)c2)cn1. The number of nitrogens with zero attached hydrogens (tertiary/aromatic N) is 5. The molecule has 182 valence electrons. The van der Waals surface area contributed by atoms with E-state index < -0.39 is 52.6 Å². The van der Waals surface area contributed by atoms with Gasteiger partial charge in [0.25, 0.3) is 0 Å². The maximum Gasteiger partial charge on any atom is 0.323 e. The highest BCUT2D eigenvalue weighted by molar-refractivity contribution is 5.32. The van der Waals surface area contributed by atoms with Gasteiger partial charge in [0.15, 0.2) is 5.60 Å². The fraction of sp³-hybridized carbons (Fsp3) is 0.182. The van der Waals surface area contributed by atoms with E-state index in [2.05, 4.69) is 20.5 Å². The summed E-state index contributed by atoms with van der Waals surface area (Å²) in [7, 11) is 0. The molecule has 0 aliphatic rings. The summed E-state index contributed by atoms with van der Waals surface area (Å²) in [6.07, 6.45) is 1.83. The molecule has 7 nitrogen and oxygen atoms in total. The molecule has 0 aliphatic carbocycles. The lowest BCUT2D eigenvalue weighted by Gasteiger charge is -2.35. The predicted octanol–water partition coefficient (Wildman–Crippen LogP) is 3.88. The van der Waals surface area contributed by atoms with Crippen molar-refractivity contribution in [2.45, 2.75) is 24.7 Å². The number of aromatic nitrogens is 5. The Morgan fingerprint density at radius 3 is 2.26 bits per heavy atom. The number of hydrogen-bond donors (Lipinski definition) is 1. The van der Waals surface area contributed by atoms with Crippen molar-refractivity contribution in [3.8, 4) is 5.75 Å². The van der Waals surface area contributed by atoms with Crippen LogP contribution in [0.1, 0.15) is 16.8 Å². The first-order valence-corrected chi connectivity index (χ1v) is 9.89. The lowest BCUT2D eigenvalue weighted by molar-refractivity contribution is -0.207. The Kier molecular flexibility index (Phi) is 6.43. The molecule has 1 atom stereocenters. The molecule has 0 saturated heterocycles. The van der Waals surface area contributed by atoms with Gasteiger partial charge >= 0.3 is 5.92 Å². The van der Waals surface area contributed by atoms with Gasteiger partial charge in [-0.1, -0.05) is 0 Å². The van der Waals surface area contributed by atoms with Gasteiger partial charge in [-0.15, -0.1) is 5.10 Å². The molecule has 0 amide bonds. The number of hydrogen-bond acceptors (Lipinski definition) is 6. The van der Waals surface area contributed by atoms with E-state index in [0.717, 1.165) is 47.5 Å². The van der Waals surface area contributed by atoms with Gasteiger partial charge in [0.05, 0.1) is 12.7 Å². The summed E-state index contributed by atoms with van der Waals surface area (Å²) in [4.78, 5) is 3.63. The van der Waals surface area contributed by atoms with Gasteiger partial charge in [0.2, 0.25) is 0 Å². The molecule has 4 aromatic rings. The highest BCUT2D eigenvalue weighted by Gasteiger charge is 2.58. The molecule has 0 spiro atoms. The van der Waals surface area contributed by atoms with Crippen LogP contribution in [-0.2, 0) is 24.7 Å². The number of ether oxygens (including phenoxy) is 1. The summed E-state index contributed by atoms with van der Waals surface area (Å²) in [5.74, 6) is -8.33. The van der Waals surface area contributed by atoms with E-state index in [1.165, 1.54) is 0 Å². The zero-order chi connectivity index (χ0) is 25.2. The molecule has 2 aromatic heterocycles. The summed E-state index contributed by atoms with van der Waals surface area (Å²) in [6, 6.07) is 6.44. The Balaban J connectivity index is 1.63. The number of alkyl halides is 2. The molecule has 13 heteroatoms.